The molecule has 0 aliphatic rings. The molecule has 0 aliphatic heterocycles. The first-order chi connectivity index (χ1) is 4.74. The lowest BCUT2D eigenvalue weighted by Crippen LogP contribution is -2.42. The first-order valence-corrected chi connectivity index (χ1v) is 5.51. The monoisotopic (exact) mass is 184 g/mol. The van der Waals surface area contributed by atoms with Gasteiger partial charge in [0.15, 0.2) is 0 Å². The van der Waals surface area contributed by atoms with E-state index >= 15 is 0 Å². The summed E-state index contributed by atoms with van der Waals surface area (Å²) in [6, 6.07) is 0.870. The molecule has 0 unspecified atom stereocenters. The summed E-state index contributed by atoms with van der Waals surface area (Å²) in [5, 5.41) is 0. The van der Waals surface area contributed by atoms with Crippen molar-refractivity contribution in [3.05, 3.63) is 0 Å². The minimum absolute atomic E-state index is 0.127. The van der Waals surface area contributed by atoms with Gasteiger partial charge in [-0.05, 0) is 0 Å². The smallest absolute Gasteiger partial charge is 0.377 e. The average Bonchev–Trinajstić information content (AvgIpc) is 2.01. The second-order valence-electron chi connectivity index (χ2n) is 1.70. The van der Waals surface area contributed by atoms with Gasteiger partial charge in [0.25, 0.3) is 0 Å². The van der Waals surface area contributed by atoms with E-state index in [1.165, 1.54) is 0 Å². The molecule has 0 amide bonds. The van der Waals surface area contributed by atoms with Crippen molar-refractivity contribution in [2.24, 2.45) is 0 Å². The molecule has 0 radical (unpaired) electrons. The van der Waals surface area contributed by atoms with Crippen LogP contribution in [0.5, 0.6) is 0 Å². The third-order valence-electron chi connectivity index (χ3n) is 1.33. The second kappa shape index (κ2) is 5.09. The molecule has 10 heavy (non-hydrogen) atoms. The molecule has 0 aromatic rings. The van der Waals surface area contributed by atoms with Crippen molar-refractivity contribution in [2.45, 2.75) is 13.0 Å². The largest absolute Gasteiger partial charge is 0.501 e. The SMILES string of the molecule is CC[Si](OC)(OC)OCCl. The molecule has 5 heteroatoms. The minimum Gasteiger partial charge on any atom is -0.377 e. The van der Waals surface area contributed by atoms with E-state index < -0.39 is 8.80 Å². The molecule has 3 nitrogen and oxygen atoms in total. The highest BCUT2D eigenvalue weighted by Crippen LogP contribution is 2.12. The number of alkyl halides is 1. The highest BCUT2D eigenvalue weighted by atomic mass is 35.5. The van der Waals surface area contributed by atoms with Crippen molar-refractivity contribution < 1.29 is 13.3 Å². The van der Waals surface area contributed by atoms with Gasteiger partial charge in [-0.3, -0.25) is 0 Å². The maximum absolute atomic E-state index is 5.37. The predicted octanol–water partition coefficient (Wildman–Crippen LogP) is 1.45. The Bertz CT molecular complexity index is 78.7. The molecular weight excluding hydrogens is 172 g/mol. The lowest BCUT2D eigenvalue weighted by atomic mass is 11.0. The van der Waals surface area contributed by atoms with Crippen molar-refractivity contribution in [1.29, 1.82) is 0 Å². The van der Waals surface area contributed by atoms with Crippen molar-refractivity contribution >= 4 is 20.4 Å². The van der Waals surface area contributed by atoms with Crippen LogP contribution in [0.2, 0.25) is 6.04 Å². The van der Waals surface area contributed by atoms with Crippen LogP contribution in [-0.4, -0.2) is 29.1 Å². The molecule has 0 fully saturated rings. The van der Waals surface area contributed by atoms with Gasteiger partial charge in [0, 0.05) is 20.3 Å². The van der Waals surface area contributed by atoms with E-state index in [0.29, 0.717) is 0 Å². The number of hydrogen-bond acceptors (Lipinski definition) is 3. The lowest BCUT2D eigenvalue weighted by Gasteiger charge is -2.23. The fourth-order valence-electron chi connectivity index (χ4n) is 0.675. The van der Waals surface area contributed by atoms with Gasteiger partial charge in [0.1, 0.15) is 6.07 Å². The fourth-order valence-corrected chi connectivity index (χ4v) is 2.52. The topological polar surface area (TPSA) is 27.7 Å². The van der Waals surface area contributed by atoms with Crippen LogP contribution in [0.1, 0.15) is 6.92 Å². The van der Waals surface area contributed by atoms with Crippen molar-refractivity contribution in [3.63, 3.8) is 0 Å². The first-order valence-electron chi connectivity index (χ1n) is 3.05. The van der Waals surface area contributed by atoms with Crippen LogP contribution in [0, 0.1) is 0 Å². The summed E-state index contributed by atoms with van der Waals surface area (Å²) in [7, 11) is 0.801. The van der Waals surface area contributed by atoms with Crippen LogP contribution in [0.4, 0.5) is 0 Å². The molecule has 0 saturated carbocycles. The van der Waals surface area contributed by atoms with Crippen LogP contribution >= 0.6 is 11.6 Å². The average molecular weight is 185 g/mol. The zero-order valence-electron chi connectivity index (χ0n) is 6.52. The van der Waals surface area contributed by atoms with Gasteiger partial charge in [-0.2, -0.15) is 0 Å². The summed E-state index contributed by atoms with van der Waals surface area (Å²) in [4.78, 5) is 0. The predicted molar refractivity (Wildman–Crippen MR) is 42.1 cm³/mol. The van der Waals surface area contributed by atoms with E-state index in [1.54, 1.807) is 14.2 Å². The second-order valence-corrected chi connectivity index (χ2v) is 5.09. The van der Waals surface area contributed by atoms with Gasteiger partial charge in [0.05, 0.1) is 0 Å². The van der Waals surface area contributed by atoms with E-state index in [0.717, 1.165) is 6.04 Å². The highest BCUT2D eigenvalue weighted by Gasteiger charge is 2.36. The standard InChI is InChI=1S/C5H13ClO3Si/c1-4-10(7-2,8-3)9-5-6/h4-5H2,1-3H3. The van der Waals surface area contributed by atoms with E-state index in [4.69, 9.17) is 24.9 Å². The highest BCUT2D eigenvalue weighted by molar-refractivity contribution is 6.60. The van der Waals surface area contributed by atoms with Crippen molar-refractivity contribution in [3.8, 4) is 0 Å². The van der Waals surface area contributed by atoms with E-state index in [1.807, 2.05) is 6.92 Å². The quantitative estimate of drug-likeness (QED) is 0.478. The van der Waals surface area contributed by atoms with Crippen LogP contribution < -0.4 is 0 Å². The van der Waals surface area contributed by atoms with Gasteiger partial charge in [0.2, 0.25) is 0 Å². The van der Waals surface area contributed by atoms with Crippen LogP contribution in [0.15, 0.2) is 0 Å². The maximum Gasteiger partial charge on any atom is 0.501 e. The molecule has 0 bridgehead atoms. The molecule has 0 N–H and O–H groups in total. The Kier molecular flexibility index (Phi) is 5.29. The minimum atomic E-state index is -2.35. The maximum atomic E-state index is 5.37. The Morgan fingerprint density at radius 1 is 1.30 bits per heavy atom. The molecule has 0 spiro atoms. The molecule has 0 rings (SSSR count). The number of halogens is 1. The molecule has 0 atom stereocenters. The third kappa shape index (κ3) is 2.55. The first kappa shape index (κ1) is 10.4. The molecule has 0 heterocycles. The fraction of sp³-hybridized carbons (Fsp3) is 1.00. The van der Waals surface area contributed by atoms with E-state index in [9.17, 15) is 0 Å². The van der Waals surface area contributed by atoms with E-state index in [-0.39, 0.29) is 6.07 Å². The van der Waals surface area contributed by atoms with Gasteiger partial charge >= 0.3 is 8.80 Å². The normalized spacial score (nSPS) is 12.0. The summed E-state index contributed by atoms with van der Waals surface area (Å²) >= 11 is 5.37. The zero-order valence-corrected chi connectivity index (χ0v) is 8.27. The summed E-state index contributed by atoms with van der Waals surface area (Å²) < 4.78 is 15.3. The Labute approximate surface area is 67.6 Å². The van der Waals surface area contributed by atoms with Gasteiger partial charge in [-0.15, -0.1) is 0 Å². The van der Waals surface area contributed by atoms with Crippen LogP contribution in [0.25, 0.3) is 0 Å². The number of hydrogen-bond donors (Lipinski definition) is 0. The molecule has 0 saturated heterocycles. The Balaban J connectivity index is 3.87. The van der Waals surface area contributed by atoms with Crippen LogP contribution in [0.3, 0.4) is 0 Å². The summed E-state index contributed by atoms with van der Waals surface area (Å²) in [5.41, 5.74) is 0. The Hall–Kier alpha value is 0.387. The lowest BCUT2D eigenvalue weighted by molar-refractivity contribution is 0.118. The molecular formula is C5H13ClO3Si. The summed E-state index contributed by atoms with van der Waals surface area (Å²) in [6.45, 7) is 1.95. The third-order valence-corrected chi connectivity index (χ3v) is 4.32. The summed E-state index contributed by atoms with van der Waals surface area (Å²) in [6.07, 6.45) is 0. The Morgan fingerprint density at radius 3 is 1.90 bits per heavy atom. The Morgan fingerprint density at radius 2 is 1.80 bits per heavy atom. The molecule has 62 valence electrons. The van der Waals surface area contributed by atoms with Gasteiger partial charge in [-0.1, -0.05) is 18.5 Å². The molecule has 0 aliphatic carbocycles. The summed E-state index contributed by atoms with van der Waals surface area (Å²) in [5.74, 6) is 0. The van der Waals surface area contributed by atoms with Crippen LogP contribution in [-0.2, 0) is 13.3 Å². The molecule has 0 aromatic heterocycles. The molecule has 0 aromatic carbocycles. The van der Waals surface area contributed by atoms with Gasteiger partial charge in [-0.25, -0.2) is 0 Å². The number of rotatable bonds is 5. The van der Waals surface area contributed by atoms with Gasteiger partial charge < -0.3 is 13.3 Å². The van der Waals surface area contributed by atoms with Crippen molar-refractivity contribution in [1.82, 2.24) is 0 Å². The van der Waals surface area contributed by atoms with Crippen molar-refractivity contribution in [2.75, 3.05) is 20.3 Å². The van der Waals surface area contributed by atoms with E-state index in [2.05, 4.69) is 0 Å². The zero-order chi connectivity index (χ0) is 8.04.